The fourth-order valence-corrected chi connectivity index (χ4v) is 3.45. The third-order valence-corrected chi connectivity index (χ3v) is 4.85. The number of ether oxygens (including phenoxy) is 2. The molecule has 1 aromatic carbocycles. The smallest absolute Gasteiger partial charge is 0.323 e. The first-order valence-corrected chi connectivity index (χ1v) is 8.34. The molecule has 6 heteroatoms. The molecule has 0 radical (unpaired) electrons. The lowest BCUT2D eigenvalue weighted by Gasteiger charge is -2.33. The molecular weight excluding hydrogens is 310 g/mol. The molecule has 1 N–H and O–H groups in total. The van der Waals surface area contributed by atoms with Gasteiger partial charge in [0.15, 0.2) is 0 Å². The van der Waals surface area contributed by atoms with Gasteiger partial charge in [-0.1, -0.05) is 12.1 Å². The number of hydrogen-bond donors (Lipinski definition) is 1. The van der Waals surface area contributed by atoms with Crippen LogP contribution in [0.15, 0.2) is 24.3 Å². The molecule has 1 heterocycles. The lowest BCUT2D eigenvalue weighted by molar-refractivity contribution is -0.148. The molecule has 2 atom stereocenters. The van der Waals surface area contributed by atoms with E-state index < -0.39 is 5.97 Å². The van der Waals surface area contributed by atoms with Crippen molar-refractivity contribution >= 4 is 11.9 Å². The van der Waals surface area contributed by atoms with E-state index in [-0.39, 0.29) is 30.3 Å². The number of amides is 1. The molecule has 3 rings (SSSR count). The van der Waals surface area contributed by atoms with Crippen molar-refractivity contribution in [3.8, 4) is 5.75 Å². The Balaban J connectivity index is 1.70. The molecule has 1 aromatic rings. The minimum Gasteiger partial charge on any atom is -0.497 e. The van der Waals surface area contributed by atoms with E-state index in [0.717, 1.165) is 17.7 Å². The molecular formula is C18H23NO5. The number of carbonyl (C=O) groups excluding carboxylic acids is 1. The zero-order valence-electron chi connectivity index (χ0n) is 13.8. The number of nitrogens with zero attached hydrogens (tertiary/aromatic N) is 1. The van der Waals surface area contributed by atoms with Crippen LogP contribution in [0.25, 0.3) is 0 Å². The Hall–Kier alpha value is -2.08. The molecule has 1 saturated heterocycles. The molecule has 2 fully saturated rings. The number of aliphatic carboxylic acids is 1. The Morgan fingerprint density at radius 2 is 2.08 bits per heavy atom. The second-order valence-electron chi connectivity index (χ2n) is 6.43. The highest BCUT2D eigenvalue weighted by molar-refractivity contribution is 5.86. The zero-order chi connectivity index (χ0) is 17.1. The first-order chi connectivity index (χ1) is 11.6. The van der Waals surface area contributed by atoms with Crippen LogP contribution in [0.5, 0.6) is 5.75 Å². The van der Waals surface area contributed by atoms with E-state index in [2.05, 4.69) is 0 Å². The van der Waals surface area contributed by atoms with Crippen LogP contribution >= 0.6 is 0 Å². The van der Waals surface area contributed by atoms with Gasteiger partial charge < -0.3 is 19.5 Å². The SMILES string of the molecule is COc1cccc([C@H]2C[C@H]2C(=O)N(CC(=O)O)C2CCOCC2)c1. The van der Waals surface area contributed by atoms with Crippen molar-refractivity contribution in [3.05, 3.63) is 29.8 Å². The number of methoxy groups -OCH3 is 1. The van der Waals surface area contributed by atoms with E-state index >= 15 is 0 Å². The summed E-state index contributed by atoms with van der Waals surface area (Å²) in [4.78, 5) is 25.6. The van der Waals surface area contributed by atoms with Crippen molar-refractivity contribution in [1.82, 2.24) is 4.90 Å². The van der Waals surface area contributed by atoms with E-state index in [4.69, 9.17) is 9.47 Å². The van der Waals surface area contributed by atoms with E-state index in [1.54, 1.807) is 12.0 Å². The summed E-state index contributed by atoms with van der Waals surface area (Å²) in [6, 6.07) is 7.71. The van der Waals surface area contributed by atoms with Crippen LogP contribution in [0.3, 0.4) is 0 Å². The highest BCUT2D eigenvalue weighted by Crippen LogP contribution is 2.49. The monoisotopic (exact) mass is 333 g/mol. The predicted molar refractivity (Wildman–Crippen MR) is 87.0 cm³/mol. The Morgan fingerprint density at radius 3 is 2.75 bits per heavy atom. The van der Waals surface area contributed by atoms with Crippen LogP contribution in [-0.2, 0) is 14.3 Å². The van der Waals surface area contributed by atoms with Gasteiger partial charge in [0, 0.05) is 25.2 Å². The summed E-state index contributed by atoms with van der Waals surface area (Å²) < 4.78 is 10.6. The van der Waals surface area contributed by atoms with Crippen molar-refractivity contribution < 1.29 is 24.2 Å². The van der Waals surface area contributed by atoms with Crippen LogP contribution in [0.1, 0.15) is 30.7 Å². The molecule has 0 spiro atoms. The highest BCUT2D eigenvalue weighted by atomic mass is 16.5. The maximum absolute atomic E-state index is 12.9. The topological polar surface area (TPSA) is 76.1 Å². The van der Waals surface area contributed by atoms with Crippen LogP contribution < -0.4 is 4.74 Å². The Kier molecular flexibility index (Phi) is 5.04. The van der Waals surface area contributed by atoms with Gasteiger partial charge in [-0.3, -0.25) is 9.59 Å². The molecule has 1 aliphatic carbocycles. The van der Waals surface area contributed by atoms with Crippen molar-refractivity contribution in [3.63, 3.8) is 0 Å². The summed E-state index contributed by atoms with van der Waals surface area (Å²) >= 11 is 0. The summed E-state index contributed by atoms with van der Waals surface area (Å²) in [5, 5.41) is 9.18. The second-order valence-corrected chi connectivity index (χ2v) is 6.43. The average molecular weight is 333 g/mol. The summed E-state index contributed by atoms with van der Waals surface area (Å²) in [5.41, 5.74) is 1.08. The van der Waals surface area contributed by atoms with Gasteiger partial charge in [0.25, 0.3) is 0 Å². The first-order valence-electron chi connectivity index (χ1n) is 8.34. The van der Waals surface area contributed by atoms with Gasteiger partial charge in [-0.25, -0.2) is 0 Å². The molecule has 130 valence electrons. The van der Waals surface area contributed by atoms with Crippen LogP contribution in [0, 0.1) is 5.92 Å². The minimum atomic E-state index is -0.964. The molecule has 1 aliphatic heterocycles. The molecule has 2 aliphatic rings. The largest absolute Gasteiger partial charge is 0.497 e. The highest BCUT2D eigenvalue weighted by Gasteiger charge is 2.47. The maximum Gasteiger partial charge on any atom is 0.323 e. The number of hydrogen-bond acceptors (Lipinski definition) is 4. The van der Waals surface area contributed by atoms with Crippen molar-refractivity contribution in [2.75, 3.05) is 26.9 Å². The number of rotatable bonds is 6. The quantitative estimate of drug-likeness (QED) is 0.860. The molecule has 1 amide bonds. The fraction of sp³-hybridized carbons (Fsp3) is 0.556. The summed E-state index contributed by atoms with van der Waals surface area (Å²) in [6.07, 6.45) is 2.18. The predicted octanol–water partition coefficient (Wildman–Crippen LogP) is 1.89. The Bertz CT molecular complexity index is 611. The number of benzene rings is 1. The number of carboxylic acids is 1. The normalized spacial score (nSPS) is 23.5. The van der Waals surface area contributed by atoms with Crippen molar-refractivity contribution in [2.45, 2.75) is 31.2 Å². The first kappa shape index (κ1) is 16.8. The standard InChI is InChI=1S/C18H23NO5/c1-23-14-4-2-3-12(9-14)15-10-16(15)18(22)19(11-17(20)21)13-5-7-24-8-6-13/h2-4,9,13,15-16H,5-8,10-11H2,1H3,(H,20,21)/t15-,16-/m1/s1. The fourth-order valence-electron chi connectivity index (χ4n) is 3.45. The molecule has 0 bridgehead atoms. The summed E-state index contributed by atoms with van der Waals surface area (Å²) in [6.45, 7) is 0.931. The van der Waals surface area contributed by atoms with E-state index in [9.17, 15) is 14.7 Å². The Morgan fingerprint density at radius 1 is 1.33 bits per heavy atom. The van der Waals surface area contributed by atoms with Gasteiger partial charge in [-0.2, -0.15) is 0 Å². The van der Waals surface area contributed by atoms with E-state index in [1.807, 2.05) is 24.3 Å². The average Bonchev–Trinajstić information content (AvgIpc) is 3.40. The molecule has 24 heavy (non-hydrogen) atoms. The third-order valence-electron chi connectivity index (χ3n) is 4.85. The minimum absolute atomic E-state index is 0.0334. The van der Waals surface area contributed by atoms with Gasteiger partial charge in [0.2, 0.25) is 5.91 Å². The third kappa shape index (κ3) is 3.70. The second kappa shape index (κ2) is 7.21. The van der Waals surface area contributed by atoms with Gasteiger partial charge >= 0.3 is 5.97 Å². The summed E-state index contributed by atoms with van der Waals surface area (Å²) in [7, 11) is 1.62. The number of carbonyl (C=O) groups is 2. The van der Waals surface area contributed by atoms with Crippen LogP contribution in [0.2, 0.25) is 0 Å². The molecule has 1 saturated carbocycles. The van der Waals surface area contributed by atoms with Gasteiger partial charge in [0.1, 0.15) is 12.3 Å². The van der Waals surface area contributed by atoms with Crippen molar-refractivity contribution in [2.24, 2.45) is 5.92 Å². The molecule has 0 unspecified atom stereocenters. The molecule has 0 aromatic heterocycles. The van der Waals surface area contributed by atoms with Crippen molar-refractivity contribution in [1.29, 1.82) is 0 Å². The van der Waals surface area contributed by atoms with Gasteiger partial charge in [-0.05, 0) is 42.9 Å². The lowest BCUT2D eigenvalue weighted by Crippen LogP contribution is -2.46. The van der Waals surface area contributed by atoms with Crippen LogP contribution in [-0.4, -0.2) is 54.8 Å². The van der Waals surface area contributed by atoms with Gasteiger partial charge in [-0.15, -0.1) is 0 Å². The summed E-state index contributed by atoms with van der Waals surface area (Å²) in [5.74, 6) is -0.203. The van der Waals surface area contributed by atoms with Crippen LogP contribution in [0.4, 0.5) is 0 Å². The number of carboxylic acid groups (broad SMARTS) is 1. The lowest BCUT2D eigenvalue weighted by atomic mass is 10.0. The van der Waals surface area contributed by atoms with E-state index in [0.29, 0.717) is 26.1 Å². The maximum atomic E-state index is 12.9. The van der Waals surface area contributed by atoms with Gasteiger partial charge in [0.05, 0.1) is 7.11 Å². The van der Waals surface area contributed by atoms with E-state index in [1.165, 1.54) is 0 Å². The zero-order valence-corrected chi connectivity index (χ0v) is 13.8. The molecule has 6 nitrogen and oxygen atoms in total. The Labute approximate surface area is 141 Å².